The summed E-state index contributed by atoms with van der Waals surface area (Å²) in [5.74, 6) is 0. The van der Waals surface area contributed by atoms with Crippen LogP contribution in [0, 0.1) is 0 Å². The summed E-state index contributed by atoms with van der Waals surface area (Å²) in [7, 11) is 1.65. The van der Waals surface area contributed by atoms with Crippen LogP contribution < -0.4 is 0 Å². The Labute approximate surface area is 79.7 Å². The Hall–Kier alpha value is -0.120. The second kappa shape index (κ2) is 4.94. The van der Waals surface area contributed by atoms with E-state index in [4.69, 9.17) is 4.74 Å². The van der Waals surface area contributed by atoms with E-state index >= 15 is 0 Å². The maximum atomic E-state index is 9.97. The first-order valence-corrected chi connectivity index (χ1v) is 5.08. The molecule has 0 aromatic heterocycles. The van der Waals surface area contributed by atoms with Gasteiger partial charge in [-0.1, -0.05) is 12.8 Å². The van der Waals surface area contributed by atoms with Crippen LogP contribution in [0.4, 0.5) is 0 Å². The molecule has 0 aromatic rings. The van der Waals surface area contributed by atoms with Gasteiger partial charge in [-0.2, -0.15) is 0 Å². The van der Waals surface area contributed by atoms with E-state index in [9.17, 15) is 10.2 Å². The fraction of sp³-hybridized carbons (Fsp3) is 1.00. The summed E-state index contributed by atoms with van der Waals surface area (Å²) in [5, 5.41) is 19.7. The Kier molecular flexibility index (Phi) is 4.16. The normalized spacial score (nSPS) is 23.3. The lowest BCUT2D eigenvalue weighted by molar-refractivity contribution is -0.0750. The SMILES string of the molecule is COCCCC(O)C1(O)CCCC1. The van der Waals surface area contributed by atoms with Gasteiger partial charge in [0.1, 0.15) is 0 Å². The van der Waals surface area contributed by atoms with Crippen molar-refractivity contribution in [3.8, 4) is 0 Å². The average molecular weight is 188 g/mol. The summed E-state index contributed by atoms with van der Waals surface area (Å²) in [6, 6.07) is 0. The topological polar surface area (TPSA) is 49.7 Å². The minimum absolute atomic E-state index is 0.565. The minimum atomic E-state index is -0.798. The number of hydrogen-bond donors (Lipinski definition) is 2. The molecule has 1 aliphatic carbocycles. The molecule has 78 valence electrons. The van der Waals surface area contributed by atoms with Crippen molar-refractivity contribution >= 4 is 0 Å². The molecule has 13 heavy (non-hydrogen) atoms. The number of aliphatic hydroxyl groups excluding tert-OH is 1. The van der Waals surface area contributed by atoms with Crippen molar-refractivity contribution in [1.29, 1.82) is 0 Å². The van der Waals surface area contributed by atoms with Gasteiger partial charge >= 0.3 is 0 Å². The van der Waals surface area contributed by atoms with Gasteiger partial charge in [0.2, 0.25) is 0 Å². The van der Waals surface area contributed by atoms with Crippen LogP contribution in [0.1, 0.15) is 38.5 Å². The van der Waals surface area contributed by atoms with Gasteiger partial charge in [0.25, 0.3) is 0 Å². The van der Waals surface area contributed by atoms with E-state index in [0.717, 1.165) is 32.1 Å². The molecular weight excluding hydrogens is 168 g/mol. The van der Waals surface area contributed by atoms with Crippen LogP contribution in [0.3, 0.4) is 0 Å². The lowest BCUT2D eigenvalue weighted by Gasteiger charge is -2.28. The van der Waals surface area contributed by atoms with Crippen molar-refractivity contribution in [3.05, 3.63) is 0 Å². The molecule has 1 fully saturated rings. The molecule has 2 N–H and O–H groups in total. The number of rotatable bonds is 5. The lowest BCUT2D eigenvalue weighted by Crippen LogP contribution is -2.39. The second-order valence-electron chi connectivity index (χ2n) is 3.96. The summed E-state index contributed by atoms with van der Waals surface area (Å²) >= 11 is 0. The molecule has 0 aromatic carbocycles. The van der Waals surface area contributed by atoms with Gasteiger partial charge < -0.3 is 14.9 Å². The monoisotopic (exact) mass is 188 g/mol. The molecule has 1 aliphatic rings. The van der Waals surface area contributed by atoms with Crippen LogP contribution in [0.2, 0.25) is 0 Å². The number of ether oxygens (including phenoxy) is 1. The van der Waals surface area contributed by atoms with Crippen molar-refractivity contribution in [3.63, 3.8) is 0 Å². The van der Waals surface area contributed by atoms with Crippen LogP contribution in [0.25, 0.3) is 0 Å². The highest BCUT2D eigenvalue weighted by Crippen LogP contribution is 2.33. The van der Waals surface area contributed by atoms with Crippen LogP contribution in [-0.2, 0) is 4.74 Å². The van der Waals surface area contributed by atoms with Gasteiger partial charge in [0.05, 0.1) is 11.7 Å². The van der Waals surface area contributed by atoms with Gasteiger partial charge in [0, 0.05) is 13.7 Å². The van der Waals surface area contributed by atoms with E-state index in [0.29, 0.717) is 13.0 Å². The highest BCUT2D eigenvalue weighted by atomic mass is 16.5. The molecule has 1 unspecified atom stereocenters. The van der Waals surface area contributed by atoms with Gasteiger partial charge in [-0.25, -0.2) is 0 Å². The fourth-order valence-electron chi connectivity index (χ4n) is 2.01. The first-order chi connectivity index (χ1) is 6.19. The zero-order valence-corrected chi connectivity index (χ0v) is 8.33. The Morgan fingerprint density at radius 2 is 2.00 bits per heavy atom. The summed E-state index contributed by atoms with van der Waals surface area (Å²) < 4.78 is 4.90. The maximum absolute atomic E-state index is 9.97. The van der Waals surface area contributed by atoms with Gasteiger partial charge in [-0.3, -0.25) is 0 Å². The number of methoxy groups -OCH3 is 1. The van der Waals surface area contributed by atoms with E-state index in [1.165, 1.54) is 0 Å². The molecule has 1 rings (SSSR count). The molecule has 0 heterocycles. The van der Waals surface area contributed by atoms with E-state index in [1.807, 2.05) is 0 Å². The lowest BCUT2D eigenvalue weighted by atomic mass is 9.92. The molecule has 0 aliphatic heterocycles. The highest BCUT2D eigenvalue weighted by molar-refractivity contribution is 4.90. The van der Waals surface area contributed by atoms with Gasteiger partial charge in [0.15, 0.2) is 0 Å². The Bertz CT molecular complexity index is 141. The Morgan fingerprint density at radius 1 is 1.38 bits per heavy atom. The smallest absolute Gasteiger partial charge is 0.0905 e. The van der Waals surface area contributed by atoms with Crippen molar-refractivity contribution in [2.75, 3.05) is 13.7 Å². The predicted octanol–water partition coefficient (Wildman–Crippen LogP) is 1.08. The molecule has 1 saturated carbocycles. The average Bonchev–Trinajstić information content (AvgIpc) is 2.54. The molecule has 0 spiro atoms. The van der Waals surface area contributed by atoms with Crippen LogP contribution in [0.15, 0.2) is 0 Å². The van der Waals surface area contributed by atoms with Gasteiger partial charge in [-0.15, -0.1) is 0 Å². The van der Waals surface area contributed by atoms with E-state index in [2.05, 4.69) is 0 Å². The third-order valence-corrected chi connectivity index (χ3v) is 2.92. The molecule has 0 saturated heterocycles. The van der Waals surface area contributed by atoms with Crippen LogP contribution >= 0.6 is 0 Å². The second-order valence-corrected chi connectivity index (χ2v) is 3.96. The third kappa shape index (κ3) is 2.93. The highest BCUT2D eigenvalue weighted by Gasteiger charge is 2.37. The molecule has 0 radical (unpaired) electrons. The van der Waals surface area contributed by atoms with Crippen molar-refractivity contribution in [2.24, 2.45) is 0 Å². The third-order valence-electron chi connectivity index (χ3n) is 2.92. The minimum Gasteiger partial charge on any atom is -0.390 e. The van der Waals surface area contributed by atoms with Crippen molar-refractivity contribution in [1.82, 2.24) is 0 Å². The molecule has 1 atom stereocenters. The van der Waals surface area contributed by atoms with Crippen LogP contribution in [-0.4, -0.2) is 35.6 Å². The van der Waals surface area contributed by atoms with Crippen LogP contribution in [0.5, 0.6) is 0 Å². The molecule has 3 heteroatoms. The molecule has 0 amide bonds. The fourth-order valence-corrected chi connectivity index (χ4v) is 2.01. The zero-order valence-electron chi connectivity index (χ0n) is 8.33. The quantitative estimate of drug-likeness (QED) is 0.635. The van der Waals surface area contributed by atoms with Crippen molar-refractivity contribution < 1.29 is 14.9 Å². The summed E-state index contributed by atoms with van der Waals surface area (Å²) in [4.78, 5) is 0. The first kappa shape index (κ1) is 11.0. The predicted molar refractivity (Wildman–Crippen MR) is 50.5 cm³/mol. The standard InChI is InChI=1S/C10H20O3/c1-13-8-4-5-9(11)10(12)6-2-3-7-10/h9,11-12H,2-8H2,1H3. The number of hydrogen-bond acceptors (Lipinski definition) is 3. The summed E-state index contributed by atoms with van der Waals surface area (Å²) in [6.07, 6.45) is 4.48. The molecular formula is C10H20O3. The van der Waals surface area contributed by atoms with E-state index in [-0.39, 0.29) is 0 Å². The maximum Gasteiger partial charge on any atom is 0.0905 e. The Balaban J connectivity index is 2.24. The summed E-state index contributed by atoms with van der Waals surface area (Å²) in [5.41, 5.74) is -0.798. The van der Waals surface area contributed by atoms with Crippen molar-refractivity contribution in [2.45, 2.75) is 50.2 Å². The summed E-state index contributed by atoms with van der Waals surface area (Å²) in [6.45, 7) is 0.660. The van der Waals surface area contributed by atoms with E-state index < -0.39 is 11.7 Å². The zero-order chi connectivity index (χ0) is 9.73. The van der Waals surface area contributed by atoms with E-state index in [1.54, 1.807) is 7.11 Å². The molecule has 3 nitrogen and oxygen atoms in total. The molecule has 0 bridgehead atoms. The van der Waals surface area contributed by atoms with Gasteiger partial charge in [-0.05, 0) is 25.7 Å². The first-order valence-electron chi connectivity index (χ1n) is 5.08. The number of aliphatic hydroxyl groups is 2. The largest absolute Gasteiger partial charge is 0.390 e. The Morgan fingerprint density at radius 3 is 2.54 bits per heavy atom.